The highest BCUT2D eigenvalue weighted by molar-refractivity contribution is 8.00. The summed E-state index contributed by atoms with van der Waals surface area (Å²) in [6.07, 6.45) is 0. The number of amides is 2. The monoisotopic (exact) mass is 304 g/mol. The van der Waals surface area contributed by atoms with Gasteiger partial charge in [0.25, 0.3) is 0 Å². The number of hydrogen-bond donors (Lipinski definition) is 2. The molecule has 112 valence electrons. The summed E-state index contributed by atoms with van der Waals surface area (Å²) in [5, 5.41) is 10.1. The lowest BCUT2D eigenvalue weighted by atomic mass is 10.4. The van der Waals surface area contributed by atoms with Gasteiger partial charge in [0.2, 0.25) is 0 Å². The maximum Gasteiger partial charge on any atom is 0.320 e. The lowest BCUT2D eigenvalue weighted by Gasteiger charge is -2.13. The second kappa shape index (κ2) is 7.17. The van der Waals surface area contributed by atoms with E-state index in [0.717, 1.165) is 5.69 Å². The van der Waals surface area contributed by atoms with Crippen LogP contribution >= 0.6 is 11.8 Å². The van der Waals surface area contributed by atoms with Gasteiger partial charge in [0.1, 0.15) is 5.82 Å². The van der Waals surface area contributed by atoms with Crippen molar-refractivity contribution in [3.05, 3.63) is 42.1 Å². The van der Waals surface area contributed by atoms with E-state index in [9.17, 15) is 4.79 Å². The van der Waals surface area contributed by atoms with Crippen LogP contribution in [0.5, 0.6) is 0 Å². The largest absolute Gasteiger partial charge is 0.337 e. The first-order valence-corrected chi connectivity index (χ1v) is 7.70. The number of aromatic nitrogens is 2. The Morgan fingerprint density at radius 2 is 2.10 bits per heavy atom. The van der Waals surface area contributed by atoms with E-state index >= 15 is 0 Å². The third-order valence-electron chi connectivity index (χ3n) is 2.87. The molecule has 0 saturated heterocycles. The molecule has 0 aliphatic carbocycles. The van der Waals surface area contributed by atoms with Gasteiger partial charge in [0.15, 0.2) is 0 Å². The molecule has 0 aliphatic heterocycles. The van der Waals surface area contributed by atoms with Crippen molar-refractivity contribution in [1.29, 1.82) is 0 Å². The highest BCUT2D eigenvalue weighted by Crippen LogP contribution is 2.21. The van der Waals surface area contributed by atoms with Gasteiger partial charge >= 0.3 is 6.03 Å². The summed E-state index contributed by atoms with van der Waals surface area (Å²) in [4.78, 5) is 13.1. The zero-order valence-corrected chi connectivity index (χ0v) is 13.3. The normalized spacial score (nSPS) is 12.0. The molecule has 0 aliphatic rings. The van der Waals surface area contributed by atoms with Gasteiger partial charge in [0, 0.05) is 29.8 Å². The van der Waals surface area contributed by atoms with Crippen LogP contribution in [0.3, 0.4) is 0 Å². The summed E-state index contributed by atoms with van der Waals surface area (Å²) in [5.41, 5.74) is 0.876. The van der Waals surface area contributed by atoms with Gasteiger partial charge in [-0.3, -0.25) is 10.00 Å². The van der Waals surface area contributed by atoms with Crippen molar-refractivity contribution in [2.75, 3.05) is 11.9 Å². The van der Waals surface area contributed by atoms with Crippen LogP contribution in [-0.4, -0.2) is 27.6 Å². The number of carbonyl (C=O) groups excluding carboxylic acids is 1. The minimum absolute atomic E-state index is 0.210. The summed E-state index contributed by atoms with van der Waals surface area (Å²) >= 11 is 1.74. The molecule has 0 spiro atoms. The number of nitrogens with zero attached hydrogens (tertiary/aromatic N) is 2. The van der Waals surface area contributed by atoms with Gasteiger partial charge in [0.05, 0.1) is 5.69 Å². The van der Waals surface area contributed by atoms with E-state index in [1.165, 1.54) is 4.90 Å². The van der Waals surface area contributed by atoms with Crippen molar-refractivity contribution in [3.8, 4) is 0 Å². The van der Waals surface area contributed by atoms with Gasteiger partial charge in [-0.2, -0.15) is 5.10 Å². The minimum atomic E-state index is -0.210. The quantitative estimate of drug-likeness (QED) is 0.835. The Morgan fingerprint density at radius 3 is 2.71 bits per heavy atom. The Bertz CT molecular complexity index is 597. The van der Waals surface area contributed by atoms with E-state index in [4.69, 9.17) is 0 Å². The number of nitrogens with one attached hydrogen (secondary N) is 2. The van der Waals surface area contributed by atoms with Crippen LogP contribution in [0.2, 0.25) is 0 Å². The first kappa shape index (κ1) is 15.4. The van der Waals surface area contributed by atoms with E-state index in [0.29, 0.717) is 17.6 Å². The highest BCUT2D eigenvalue weighted by Gasteiger charge is 2.09. The van der Waals surface area contributed by atoms with Gasteiger partial charge in [-0.05, 0) is 19.1 Å². The summed E-state index contributed by atoms with van der Waals surface area (Å²) in [5.74, 6) is 0.688. The molecule has 2 amide bonds. The van der Waals surface area contributed by atoms with E-state index < -0.39 is 0 Å². The molecule has 2 aromatic rings. The number of benzene rings is 1. The van der Waals surface area contributed by atoms with Crippen LogP contribution in [0.25, 0.3) is 0 Å². The summed E-state index contributed by atoms with van der Waals surface area (Å²) in [7, 11) is 1.80. The molecule has 0 saturated carbocycles. The standard InChI is InChI=1S/C15H20N4OS/c1-11-9-14(19(3)18-11)17-15(20)16-10-12(2)21-13-7-5-4-6-8-13/h4-9,12H,10H2,1-3H3,(H2,16,17,20)/t12-/m1/s1. The van der Waals surface area contributed by atoms with Crippen molar-refractivity contribution >= 4 is 23.6 Å². The Hall–Kier alpha value is -1.95. The molecule has 6 heteroatoms. The van der Waals surface area contributed by atoms with Crippen molar-refractivity contribution in [2.24, 2.45) is 7.05 Å². The van der Waals surface area contributed by atoms with Crippen LogP contribution in [0, 0.1) is 6.92 Å². The van der Waals surface area contributed by atoms with E-state index in [1.807, 2.05) is 31.2 Å². The molecule has 2 rings (SSSR count). The molecule has 1 heterocycles. The molecular weight excluding hydrogens is 284 g/mol. The number of thioether (sulfide) groups is 1. The number of rotatable bonds is 5. The average molecular weight is 304 g/mol. The Kier molecular flexibility index (Phi) is 5.27. The van der Waals surface area contributed by atoms with Gasteiger partial charge in [-0.15, -0.1) is 11.8 Å². The molecule has 1 aromatic heterocycles. The highest BCUT2D eigenvalue weighted by atomic mass is 32.2. The second-order valence-electron chi connectivity index (χ2n) is 4.87. The lowest BCUT2D eigenvalue weighted by Crippen LogP contribution is -2.33. The maximum atomic E-state index is 11.9. The fourth-order valence-corrected chi connectivity index (χ4v) is 2.84. The molecule has 0 fully saturated rings. The fraction of sp³-hybridized carbons (Fsp3) is 0.333. The molecular formula is C15H20N4OS. The summed E-state index contributed by atoms with van der Waals surface area (Å²) in [6.45, 7) is 4.58. The molecule has 0 unspecified atom stereocenters. The predicted molar refractivity (Wildman–Crippen MR) is 86.7 cm³/mol. The van der Waals surface area contributed by atoms with E-state index in [-0.39, 0.29) is 6.03 Å². The number of anilines is 1. The second-order valence-corrected chi connectivity index (χ2v) is 6.38. The molecule has 1 aromatic carbocycles. The van der Waals surface area contributed by atoms with Crippen molar-refractivity contribution in [3.63, 3.8) is 0 Å². The molecule has 1 atom stereocenters. The number of aryl methyl sites for hydroxylation is 2. The fourth-order valence-electron chi connectivity index (χ4n) is 1.90. The summed E-state index contributed by atoms with van der Waals surface area (Å²) < 4.78 is 1.65. The topological polar surface area (TPSA) is 59.0 Å². The lowest BCUT2D eigenvalue weighted by molar-refractivity contribution is 0.252. The van der Waals surface area contributed by atoms with Crippen molar-refractivity contribution < 1.29 is 4.79 Å². The predicted octanol–water partition coefficient (Wildman–Crippen LogP) is 3.03. The first-order chi connectivity index (χ1) is 10.0. The molecule has 0 radical (unpaired) electrons. The SMILES string of the molecule is Cc1cc(NC(=O)NC[C@@H](C)Sc2ccccc2)n(C)n1. The number of hydrogen-bond acceptors (Lipinski definition) is 3. The van der Waals surface area contributed by atoms with Crippen LogP contribution in [0.15, 0.2) is 41.3 Å². The van der Waals surface area contributed by atoms with E-state index in [2.05, 4.69) is 34.8 Å². The molecule has 2 N–H and O–H groups in total. The Balaban J connectivity index is 1.77. The minimum Gasteiger partial charge on any atom is -0.337 e. The van der Waals surface area contributed by atoms with Crippen LogP contribution in [-0.2, 0) is 7.05 Å². The average Bonchev–Trinajstić information content (AvgIpc) is 2.76. The molecule has 0 bridgehead atoms. The van der Waals surface area contributed by atoms with Gasteiger partial charge in [-0.25, -0.2) is 4.79 Å². The number of urea groups is 1. The van der Waals surface area contributed by atoms with Crippen molar-refractivity contribution in [2.45, 2.75) is 24.0 Å². The zero-order valence-electron chi connectivity index (χ0n) is 12.5. The summed E-state index contributed by atoms with van der Waals surface area (Å²) in [6, 6.07) is 11.8. The van der Waals surface area contributed by atoms with Gasteiger partial charge in [-0.1, -0.05) is 25.1 Å². The van der Waals surface area contributed by atoms with E-state index in [1.54, 1.807) is 23.5 Å². The Morgan fingerprint density at radius 1 is 1.38 bits per heavy atom. The number of carbonyl (C=O) groups is 1. The molecule has 5 nitrogen and oxygen atoms in total. The molecule has 21 heavy (non-hydrogen) atoms. The first-order valence-electron chi connectivity index (χ1n) is 6.82. The smallest absolute Gasteiger partial charge is 0.320 e. The zero-order chi connectivity index (χ0) is 15.2. The maximum absolute atomic E-state index is 11.9. The van der Waals surface area contributed by atoms with Crippen LogP contribution in [0.1, 0.15) is 12.6 Å². The van der Waals surface area contributed by atoms with Gasteiger partial charge < -0.3 is 5.32 Å². The van der Waals surface area contributed by atoms with Crippen LogP contribution in [0.4, 0.5) is 10.6 Å². The Labute approximate surface area is 129 Å². The third kappa shape index (κ3) is 4.82. The van der Waals surface area contributed by atoms with Crippen LogP contribution < -0.4 is 10.6 Å². The van der Waals surface area contributed by atoms with Crippen molar-refractivity contribution in [1.82, 2.24) is 15.1 Å². The third-order valence-corrected chi connectivity index (χ3v) is 3.99.